The molecule has 1 aliphatic carbocycles. The van der Waals surface area contributed by atoms with E-state index in [1.807, 2.05) is 0 Å². The molecular weight excluding hydrogens is 460 g/mol. The molecule has 1 aliphatic rings. The normalized spacial score (nSPS) is 15.1. The number of para-hydroxylation sites is 1. The second-order valence-corrected chi connectivity index (χ2v) is 8.56. The smallest absolute Gasteiger partial charge is 0.271 e. The average molecular weight is 488 g/mol. The van der Waals surface area contributed by atoms with Gasteiger partial charge in [0, 0.05) is 18.3 Å². The zero-order chi connectivity index (χ0) is 24.8. The van der Waals surface area contributed by atoms with Gasteiger partial charge < -0.3 is 15.2 Å². The van der Waals surface area contributed by atoms with E-state index in [1.54, 1.807) is 12.3 Å². The van der Waals surface area contributed by atoms with Crippen LogP contribution in [0, 0.1) is 17.6 Å². The molecule has 2 N–H and O–H groups in total. The van der Waals surface area contributed by atoms with Crippen molar-refractivity contribution in [3.8, 4) is 11.5 Å². The third kappa shape index (κ3) is 6.10. The van der Waals surface area contributed by atoms with Crippen LogP contribution in [-0.2, 0) is 11.3 Å². The lowest BCUT2D eigenvalue weighted by molar-refractivity contribution is -0.120. The number of anilines is 1. The number of aromatic nitrogens is 4. The molecule has 1 unspecified atom stereocenters. The lowest BCUT2D eigenvalue weighted by atomic mass is 9.84. The second kappa shape index (κ2) is 11.2. The first kappa shape index (κ1) is 24.5. The molecule has 1 amide bonds. The van der Waals surface area contributed by atoms with Crippen molar-refractivity contribution >= 4 is 11.7 Å². The van der Waals surface area contributed by atoms with E-state index < -0.39 is 34.9 Å². The lowest BCUT2D eigenvalue weighted by Gasteiger charge is -2.26. The maximum Gasteiger partial charge on any atom is 0.271 e. The zero-order valence-electron chi connectivity index (χ0n) is 19.1. The first-order chi connectivity index (χ1) is 16.9. The molecule has 1 atom stereocenters. The Morgan fingerprint density at radius 3 is 2.63 bits per heavy atom. The fourth-order valence-electron chi connectivity index (χ4n) is 4.31. The largest absolute Gasteiger partial charge is 0.449 e. The number of rotatable bonds is 9. The molecule has 0 aliphatic heterocycles. The highest BCUT2D eigenvalue weighted by Gasteiger charge is 2.28. The van der Waals surface area contributed by atoms with Gasteiger partial charge in [-0.25, -0.2) is 13.5 Å². The fourth-order valence-corrected chi connectivity index (χ4v) is 4.31. The minimum atomic E-state index is -0.913. The van der Waals surface area contributed by atoms with E-state index in [2.05, 4.69) is 15.5 Å². The maximum absolute atomic E-state index is 13.9. The molecule has 2 heterocycles. The van der Waals surface area contributed by atoms with Crippen molar-refractivity contribution in [1.29, 1.82) is 0 Å². The van der Waals surface area contributed by atoms with Crippen LogP contribution >= 0.6 is 0 Å². The minimum Gasteiger partial charge on any atom is -0.449 e. The number of carbonyl (C=O) groups excluding carboxylic acids is 1. The number of nitrogens with zero attached hydrogens (tertiary/aromatic N) is 4. The van der Waals surface area contributed by atoms with Crippen molar-refractivity contribution < 1.29 is 23.4 Å². The number of halogens is 2. The van der Waals surface area contributed by atoms with Gasteiger partial charge in [0.15, 0.2) is 29.0 Å². The Morgan fingerprint density at radius 2 is 1.94 bits per heavy atom. The summed E-state index contributed by atoms with van der Waals surface area (Å²) in [5.41, 5.74) is -0.638. The quantitative estimate of drug-likeness (QED) is 0.477. The van der Waals surface area contributed by atoms with Gasteiger partial charge >= 0.3 is 0 Å². The van der Waals surface area contributed by atoms with Crippen LogP contribution in [0.25, 0.3) is 0 Å². The monoisotopic (exact) mass is 487 g/mol. The van der Waals surface area contributed by atoms with Crippen LogP contribution in [-0.4, -0.2) is 37.2 Å². The summed E-state index contributed by atoms with van der Waals surface area (Å²) in [6.07, 6.45) is 8.38. The molecule has 1 fully saturated rings. The van der Waals surface area contributed by atoms with Crippen LogP contribution in [0.3, 0.4) is 0 Å². The van der Waals surface area contributed by atoms with E-state index in [-0.39, 0.29) is 24.8 Å². The summed E-state index contributed by atoms with van der Waals surface area (Å²) in [5.74, 6) is -2.51. The second-order valence-electron chi connectivity index (χ2n) is 8.56. The number of amides is 1. The summed E-state index contributed by atoms with van der Waals surface area (Å²) < 4.78 is 35.6. The summed E-state index contributed by atoms with van der Waals surface area (Å²) in [6, 6.07) is 5.03. The van der Waals surface area contributed by atoms with Crippen molar-refractivity contribution in [2.75, 3.05) is 11.9 Å². The maximum atomic E-state index is 13.9. The Kier molecular flexibility index (Phi) is 7.86. The van der Waals surface area contributed by atoms with Crippen LogP contribution in [0.15, 0.2) is 47.5 Å². The van der Waals surface area contributed by atoms with Gasteiger partial charge in [0.05, 0.1) is 19.3 Å². The summed E-state index contributed by atoms with van der Waals surface area (Å²) in [4.78, 5) is 26.2. The molecule has 9 nitrogen and oxygen atoms in total. The fraction of sp³-hybridized carbons (Fsp3) is 0.417. The Hall–Kier alpha value is -3.60. The molecule has 35 heavy (non-hydrogen) atoms. The zero-order valence-corrected chi connectivity index (χ0v) is 19.1. The summed E-state index contributed by atoms with van der Waals surface area (Å²) >= 11 is 0. The molecule has 0 spiro atoms. The number of aliphatic hydroxyl groups excluding tert-OH is 1. The SMILES string of the molecule is O=C(Nc1ccn(CCO)n1)C(CC1CCCCC1)n1ncc(Oc2c(F)cccc2F)cc1=O. The number of hydrogen-bond acceptors (Lipinski definition) is 6. The Balaban J connectivity index is 1.57. The first-order valence-corrected chi connectivity index (χ1v) is 11.6. The van der Waals surface area contributed by atoms with Crippen molar-refractivity contribution in [3.05, 3.63) is 64.7 Å². The molecule has 0 bridgehead atoms. The number of hydrogen-bond donors (Lipinski definition) is 2. The molecular formula is C24H27F2N5O4. The van der Waals surface area contributed by atoms with Gasteiger partial charge in [0.2, 0.25) is 0 Å². The summed E-state index contributed by atoms with van der Waals surface area (Å²) in [5, 5.41) is 20.1. The molecule has 186 valence electrons. The number of benzene rings is 1. The van der Waals surface area contributed by atoms with Crippen molar-refractivity contribution in [2.24, 2.45) is 5.92 Å². The average Bonchev–Trinajstić information content (AvgIpc) is 3.28. The van der Waals surface area contributed by atoms with Crippen LogP contribution in [0.5, 0.6) is 11.5 Å². The van der Waals surface area contributed by atoms with Gasteiger partial charge in [0.1, 0.15) is 6.04 Å². The standard InChI is InChI=1S/C24H27F2N5O4/c25-18-7-4-8-19(26)23(18)35-17-14-22(33)31(27-15-17)20(13-16-5-2-1-3-6-16)24(34)28-21-9-10-30(29-21)11-12-32/h4,7-10,14-16,20,32H,1-3,5-6,11-13H2,(H,28,29,34). The summed E-state index contributed by atoms with van der Waals surface area (Å²) in [6.45, 7) is 0.191. The molecule has 1 aromatic carbocycles. The third-order valence-corrected chi connectivity index (χ3v) is 6.04. The molecule has 3 aromatic rings. The number of ether oxygens (including phenoxy) is 1. The molecule has 4 rings (SSSR count). The number of carbonyl (C=O) groups is 1. The van der Waals surface area contributed by atoms with E-state index in [0.29, 0.717) is 12.2 Å². The molecule has 0 radical (unpaired) electrons. The van der Waals surface area contributed by atoms with Gasteiger partial charge in [0.25, 0.3) is 11.5 Å². The highest BCUT2D eigenvalue weighted by atomic mass is 19.1. The Bertz CT molecular complexity index is 1200. The van der Waals surface area contributed by atoms with Crippen molar-refractivity contribution in [3.63, 3.8) is 0 Å². The molecule has 2 aromatic heterocycles. The van der Waals surface area contributed by atoms with E-state index >= 15 is 0 Å². The van der Waals surface area contributed by atoms with Gasteiger partial charge in [-0.05, 0) is 24.5 Å². The third-order valence-electron chi connectivity index (χ3n) is 6.04. The minimum absolute atomic E-state index is 0.0934. The lowest BCUT2D eigenvalue weighted by Crippen LogP contribution is -2.36. The molecule has 11 heteroatoms. The predicted molar refractivity (Wildman–Crippen MR) is 123 cm³/mol. The van der Waals surface area contributed by atoms with Crippen LogP contribution in [0.2, 0.25) is 0 Å². The van der Waals surface area contributed by atoms with E-state index in [1.165, 1.54) is 10.7 Å². The summed E-state index contributed by atoms with van der Waals surface area (Å²) in [7, 11) is 0. The van der Waals surface area contributed by atoms with Crippen LogP contribution < -0.4 is 15.6 Å². The number of aliphatic hydroxyl groups is 1. The van der Waals surface area contributed by atoms with E-state index in [0.717, 1.165) is 61.2 Å². The topological polar surface area (TPSA) is 111 Å². The van der Waals surface area contributed by atoms with Crippen molar-refractivity contribution in [1.82, 2.24) is 19.6 Å². The molecule has 0 saturated heterocycles. The predicted octanol–water partition coefficient (Wildman–Crippen LogP) is 3.65. The molecule has 1 saturated carbocycles. The van der Waals surface area contributed by atoms with E-state index in [9.17, 15) is 18.4 Å². The Labute approximate surface area is 200 Å². The van der Waals surface area contributed by atoms with Gasteiger partial charge in [-0.2, -0.15) is 10.2 Å². The Morgan fingerprint density at radius 1 is 1.20 bits per heavy atom. The van der Waals surface area contributed by atoms with Gasteiger partial charge in [-0.15, -0.1) is 0 Å². The van der Waals surface area contributed by atoms with Crippen LogP contribution in [0.4, 0.5) is 14.6 Å². The highest BCUT2D eigenvalue weighted by molar-refractivity contribution is 5.92. The van der Waals surface area contributed by atoms with Gasteiger partial charge in [-0.1, -0.05) is 38.2 Å². The highest BCUT2D eigenvalue weighted by Crippen LogP contribution is 2.31. The van der Waals surface area contributed by atoms with E-state index in [4.69, 9.17) is 9.84 Å². The first-order valence-electron chi connectivity index (χ1n) is 11.6. The number of nitrogens with one attached hydrogen (secondary N) is 1. The van der Waals surface area contributed by atoms with Crippen molar-refractivity contribution in [2.45, 2.75) is 51.1 Å². The van der Waals surface area contributed by atoms with Gasteiger partial charge in [-0.3, -0.25) is 14.3 Å². The van der Waals surface area contributed by atoms with Crippen LogP contribution in [0.1, 0.15) is 44.6 Å².